The van der Waals surface area contributed by atoms with Gasteiger partial charge in [-0.05, 0) is 40.7 Å². The number of nitrogens with zero attached hydrogens (tertiary/aromatic N) is 7. The number of carbonyl (C=O) groups excluding carboxylic acids is 3. The SMILES string of the molecule is Cn1nnnc1SCC1CCN(C(=O)Oc2ccc(N3C(=O)CC(C)(C)CC3=O)cn2)CC1. The summed E-state index contributed by atoms with van der Waals surface area (Å²) >= 11 is 1.62. The van der Waals surface area contributed by atoms with Gasteiger partial charge in [0.25, 0.3) is 0 Å². The highest BCUT2D eigenvalue weighted by molar-refractivity contribution is 7.99. The topological polar surface area (TPSA) is 123 Å². The van der Waals surface area contributed by atoms with E-state index in [0.29, 0.717) is 37.5 Å². The van der Waals surface area contributed by atoms with Crippen molar-refractivity contribution in [2.75, 3.05) is 23.7 Å². The number of tetrazole rings is 1. The molecule has 0 saturated carbocycles. The number of pyridine rings is 1. The summed E-state index contributed by atoms with van der Waals surface area (Å²) in [4.78, 5) is 44.3. The fourth-order valence-corrected chi connectivity index (χ4v) is 5.04. The molecule has 33 heavy (non-hydrogen) atoms. The van der Waals surface area contributed by atoms with E-state index in [0.717, 1.165) is 28.7 Å². The lowest BCUT2D eigenvalue weighted by Gasteiger charge is -2.34. The number of anilines is 1. The number of likely N-dealkylation sites (tertiary alicyclic amines) is 1. The van der Waals surface area contributed by atoms with Crippen molar-refractivity contribution in [3.05, 3.63) is 18.3 Å². The summed E-state index contributed by atoms with van der Waals surface area (Å²) in [6.45, 7) is 5.01. The Kier molecular flexibility index (Phi) is 6.63. The Labute approximate surface area is 195 Å². The zero-order chi connectivity index (χ0) is 23.6. The smallest absolute Gasteiger partial charge is 0.391 e. The van der Waals surface area contributed by atoms with E-state index in [9.17, 15) is 14.4 Å². The zero-order valence-corrected chi connectivity index (χ0v) is 19.7. The molecule has 0 bridgehead atoms. The van der Waals surface area contributed by atoms with Crippen LogP contribution in [0.25, 0.3) is 0 Å². The van der Waals surface area contributed by atoms with Crippen molar-refractivity contribution in [3.8, 4) is 5.88 Å². The third-order valence-corrected chi connectivity index (χ3v) is 7.07. The first kappa shape index (κ1) is 23.1. The predicted molar refractivity (Wildman–Crippen MR) is 120 cm³/mol. The molecule has 4 heterocycles. The van der Waals surface area contributed by atoms with Gasteiger partial charge in [-0.2, -0.15) is 0 Å². The third-order valence-electron chi connectivity index (χ3n) is 5.83. The van der Waals surface area contributed by atoms with Gasteiger partial charge in [0.15, 0.2) is 0 Å². The van der Waals surface area contributed by atoms with Gasteiger partial charge in [0.2, 0.25) is 22.9 Å². The van der Waals surface area contributed by atoms with E-state index < -0.39 is 6.09 Å². The molecule has 2 saturated heterocycles. The molecule has 3 amide bonds. The second kappa shape index (κ2) is 9.46. The van der Waals surface area contributed by atoms with Gasteiger partial charge >= 0.3 is 6.09 Å². The first-order valence-electron chi connectivity index (χ1n) is 10.9. The average Bonchev–Trinajstić information content (AvgIpc) is 3.17. The van der Waals surface area contributed by atoms with Crippen LogP contribution < -0.4 is 9.64 Å². The molecule has 0 aromatic carbocycles. The molecule has 4 rings (SSSR count). The third kappa shape index (κ3) is 5.49. The van der Waals surface area contributed by atoms with Crippen LogP contribution in [0.1, 0.15) is 39.5 Å². The Hall–Kier alpha value is -3.02. The fourth-order valence-electron chi connectivity index (χ4n) is 4.00. The molecule has 0 unspecified atom stereocenters. The number of thioether (sulfide) groups is 1. The van der Waals surface area contributed by atoms with E-state index >= 15 is 0 Å². The van der Waals surface area contributed by atoms with Crippen molar-refractivity contribution in [2.24, 2.45) is 18.4 Å². The molecule has 2 aliphatic rings. The highest BCUT2D eigenvalue weighted by atomic mass is 32.2. The molecule has 2 fully saturated rings. The maximum absolute atomic E-state index is 12.5. The monoisotopic (exact) mass is 473 g/mol. The Bertz CT molecular complexity index is 1010. The van der Waals surface area contributed by atoms with Gasteiger partial charge in [0.1, 0.15) is 0 Å². The minimum absolute atomic E-state index is 0.133. The molecule has 11 nitrogen and oxygen atoms in total. The molecule has 176 valence electrons. The second-order valence-electron chi connectivity index (χ2n) is 9.19. The van der Waals surface area contributed by atoms with E-state index in [1.165, 1.54) is 12.3 Å². The number of amides is 3. The standard InChI is InChI=1S/C21H27N7O4S/c1-21(2)10-17(29)28(18(30)11-21)15-4-5-16(22-12-15)32-20(31)27-8-6-14(7-9-27)13-33-19-23-24-25-26(19)3/h4-5,12,14H,6-11,13H2,1-3H3. The molecule has 0 atom stereocenters. The van der Waals surface area contributed by atoms with Crippen molar-refractivity contribution in [1.82, 2.24) is 30.1 Å². The van der Waals surface area contributed by atoms with Gasteiger partial charge in [-0.25, -0.2) is 19.4 Å². The predicted octanol–water partition coefficient (Wildman–Crippen LogP) is 2.29. The molecule has 0 radical (unpaired) electrons. The van der Waals surface area contributed by atoms with Crippen molar-refractivity contribution < 1.29 is 19.1 Å². The lowest BCUT2D eigenvalue weighted by molar-refractivity contribution is -0.132. The maximum Gasteiger partial charge on any atom is 0.416 e. The van der Waals surface area contributed by atoms with Gasteiger partial charge in [0, 0.05) is 44.8 Å². The molecule has 2 aliphatic heterocycles. The lowest BCUT2D eigenvalue weighted by Crippen LogP contribution is -2.46. The fraction of sp³-hybridized carbons (Fsp3) is 0.571. The second-order valence-corrected chi connectivity index (χ2v) is 10.2. The number of aryl methyl sites for hydroxylation is 1. The number of hydrogen-bond acceptors (Lipinski definition) is 9. The zero-order valence-electron chi connectivity index (χ0n) is 18.9. The van der Waals surface area contributed by atoms with Crippen LogP contribution in [0.2, 0.25) is 0 Å². The number of aromatic nitrogens is 5. The number of hydrogen-bond donors (Lipinski definition) is 0. The van der Waals surface area contributed by atoms with Crippen molar-refractivity contribution in [3.63, 3.8) is 0 Å². The van der Waals surface area contributed by atoms with E-state index in [2.05, 4.69) is 20.5 Å². The van der Waals surface area contributed by atoms with Crippen molar-refractivity contribution >= 4 is 35.4 Å². The van der Waals surface area contributed by atoms with E-state index in [1.54, 1.807) is 27.4 Å². The van der Waals surface area contributed by atoms with Crippen LogP contribution in [-0.2, 0) is 16.6 Å². The summed E-state index contributed by atoms with van der Waals surface area (Å²) in [5.74, 6) is 0.996. The number of ether oxygens (including phenoxy) is 1. The molecule has 0 spiro atoms. The minimum atomic E-state index is -0.453. The number of piperidine rings is 2. The van der Waals surface area contributed by atoms with E-state index in [1.807, 2.05) is 20.9 Å². The molecule has 0 N–H and O–H groups in total. The Balaban J connectivity index is 1.27. The number of carbonyl (C=O) groups is 3. The van der Waals surface area contributed by atoms with Gasteiger partial charge in [-0.15, -0.1) is 5.10 Å². The van der Waals surface area contributed by atoms with Crippen LogP contribution in [-0.4, -0.2) is 66.8 Å². The first-order valence-corrected chi connectivity index (χ1v) is 11.8. The molecular formula is C21H27N7O4S. The lowest BCUT2D eigenvalue weighted by atomic mass is 9.81. The molecule has 12 heteroatoms. The Morgan fingerprint density at radius 2 is 1.88 bits per heavy atom. The van der Waals surface area contributed by atoms with Gasteiger partial charge in [-0.1, -0.05) is 25.6 Å². The summed E-state index contributed by atoms with van der Waals surface area (Å²) in [7, 11) is 1.81. The molecule has 2 aromatic heterocycles. The van der Waals surface area contributed by atoms with Crippen molar-refractivity contribution in [2.45, 2.75) is 44.7 Å². The summed E-state index contributed by atoms with van der Waals surface area (Å²) in [5.41, 5.74) is 0.0449. The van der Waals surface area contributed by atoms with Crippen LogP contribution in [0.5, 0.6) is 5.88 Å². The number of imide groups is 1. The molecule has 2 aromatic rings. The van der Waals surface area contributed by atoms with Crippen LogP contribution in [0.15, 0.2) is 23.5 Å². The van der Waals surface area contributed by atoms with Crippen LogP contribution >= 0.6 is 11.8 Å². The highest BCUT2D eigenvalue weighted by Crippen LogP contribution is 2.34. The highest BCUT2D eigenvalue weighted by Gasteiger charge is 2.38. The first-order chi connectivity index (χ1) is 15.7. The van der Waals surface area contributed by atoms with Gasteiger partial charge < -0.3 is 9.64 Å². The summed E-state index contributed by atoms with van der Waals surface area (Å²) in [6, 6.07) is 3.08. The quantitative estimate of drug-likeness (QED) is 0.475. The molecular weight excluding hydrogens is 446 g/mol. The Morgan fingerprint density at radius 1 is 1.18 bits per heavy atom. The summed E-state index contributed by atoms with van der Waals surface area (Å²) < 4.78 is 7.05. The van der Waals surface area contributed by atoms with Gasteiger partial charge in [0.05, 0.1) is 11.9 Å². The minimum Gasteiger partial charge on any atom is -0.391 e. The Morgan fingerprint density at radius 3 is 2.45 bits per heavy atom. The summed E-state index contributed by atoms with van der Waals surface area (Å²) in [5, 5.41) is 12.2. The largest absolute Gasteiger partial charge is 0.416 e. The van der Waals surface area contributed by atoms with E-state index in [-0.39, 0.29) is 23.1 Å². The van der Waals surface area contributed by atoms with Crippen LogP contribution in [0.4, 0.5) is 10.5 Å². The van der Waals surface area contributed by atoms with E-state index in [4.69, 9.17) is 4.74 Å². The van der Waals surface area contributed by atoms with Crippen LogP contribution in [0, 0.1) is 11.3 Å². The normalized spacial score (nSPS) is 19.1. The van der Waals surface area contributed by atoms with Crippen molar-refractivity contribution in [1.29, 1.82) is 0 Å². The van der Waals surface area contributed by atoms with Gasteiger partial charge in [-0.3, -0.25) is 9.59 Å². The summed E-state index contributed by atoms with van der Waals surface area (Å²) in [6.07, 6.45) is 3.26. The maximum atomic E-state index is 12.5. The average molecular weight is 474 g/mol. The van der Waals surface area contributed by atoms with Crippen LogP contribution in [0.3, 0.4) is 0 Å². The number of rotatable bonds is 5. The molecule has 0 aliphatic carbocycles.